The van der Waals surface area contributed by atoms with Gasteiger partial charge in [0.15, 0.2) is 0 Å². The summed E-state index contributed by atoms with van der Waals surface area (Å²) in [4.78, 5) is 0. The lowest BCUT2D eigenvalue weighted by Crippen LogP contribution is -2.32. The van der Waals surface area contributed by atoms with Gasteiger partial charge in [0, 0.05) is 25.8 Å². The van der Waals surface area contributed by atoms with Crippen molar-refractivity contribution in [2.45, 2.75) is 31.4 Å². The topological polar surface area (TPSA) is 41.5 Å². The molecule has 2 atom stereocenters. The fraction of sp³-hybridized carbons (Fsp3) is 0.571. The third-order valence-electron chi connectivity index (χ3n) is 3.24. The van der Waals surface area contributed by atoms with Crippen LogP contribution >= 0.6 is 0 Å². The summed E-state index contributed by atoms with van der Waals surface area (Å²) in [6.45, 7) is 2.33. The fourth-order valence-corrected chi connectivity index (χ4v) is 2.18. The fourth-order valence-electron chi connectivity index (χ4n) is 2.18. The van der Waals surface area contributed by atoms with Crippen LogP contribution in [0.1, 0.15) is 30.9 Å². The second-order valence-electron chi connectivity index (χ2n) is 4.57. The molecule has 1 fully saturated rings. The molecule has 0 radical (unpaired) electrons. The summed E-state index contributed by atoms with van der Waals surface area (Å²) >= 11 is 0. The van der Waals surface area contributed by atoms with Crippen LogP contribution in [0.25, 0.3) is 0 Å². The maximum absolute atomic E-state index is 10.0. The van der Waals surface area contributed by atoms with Gasteiger partial charge in [-0.05, 0) is 24.8 Å². The molecule has 0 bridgehead atoms. The first-order chi connectivity index (χ1) is 8.36. The molecule has 2 rings (SSSR count). The largest absolute Gasteiger partial charge is 0.387 e. The van der Waals surface area contributed by atoms with E-state index in [4.69, 9.17) is 4.74 Å². The maximum atomic E-state index is 10.0. The highest BCUT2D eigenvalue weighted by molar-refractivity contribution is 5.17. The van der Waals surface area contributed by atoms with Gasteiger partial charge in [-0.3, -0.25) is 0 Å². The number of aliphatic hydroxyl groups excluding tert-OH is 1. The molecule has 2 unspecified atom stereocenters. The Morgan fingerprint density at radius 1 is 1.24 bits per heavy atom. The molecule has 0 aliphatic carbocycles. The normalized spacial score (nSPS) is 23.0. The zero-order chi connectivity index (χ0) is 11.9. The highest BCUT2D eigenvalue weighted by atomic mass is 16.5. The van der Waals surface area contributed by atoms with Crippen molar-refractivity contribution < 1.29 is 9.84 Å². The van der Waals surface area contributed by atoms with E-state index in [1.54, 1.807) is 0 Å². The van der Waals surface area contributed by atoms with Gasteiger partial charge in [0.2, 0.25) is 0 Å². The first-order valence-electron chi connectivity index (χ1n) is 6.40. The van der Waals surface area contributed by atoms with E-state index in [1.807, 2.05) is 30.3 Å². The predicted octanol–water partition coefficient (Wildman–Crippen LogP) is 1.88. The van der Waals surface area contributed by atoms with Gasteiger partial charge in [0.05, 0.1) is 6.10 Å². The molecular weight excluding hydrogens is 214 g/mol. The quantitative estimate of drug-likeness (QED) is 0.837. The minimum Gasteiger partial charge on any atom is -0.387 e. The number of hydrogen-bond acceptors (Lipinski definition) is 3. The highest BCUT2D eigenvalue weighted by Crippen LogP contribution is 2.13. The average molecular weight is 235 g/mol. The lowest BCUT2D eigenvalue weighted by atomic mass is 10.1. The molecule has 3 heteroatoms. The van der Waals surface area contributed by atoms with E-state index in [0.29, 0.717) is 12.6 Å². The van der Waals surface area contributed by atoms with Crippen LogP contribution in [0.3, 0.4) is 0 Å². The van der Waals surface area contributed by atoms with Gasteiger partial charge in [-0.25, -0.2) is 0 Å². The van der Waals surface area contributed by atoms with Crippen LogP contribution in [0, 0.1) is 0 Å². The van der Waals surface area contributed by atoms with Crippen molar-refractivity contribution >= 4 is 0 Å². The zero-order valence-corrected chi connectivity index (χ0v) is 10.1. The first kappa shape index (κ1) is 12.6. The van der Waals surface area contributed by atoms with Crippen molar-refractivity contribution in [3.05, 3.63) is 35.9 Å². The molecule has 94 valence electrons. The molecule has 1 saturated heterocycles. The van der Waals surface area contributed by atoms with E-state index in [0.717, 1.165) is 38.0 Å². The molecular formula is C14H21NO2. The lowest BCUT2D eigenvalue weighted by molar-refractivity contribution is 0.140. The van der Waals surface area contributed by atoms with E-state index in [9.17, 15) is 5.11 Å². The molecule has 3 nitrogen and oxygen atoms in total. The van der Waals surface area contributed by atoms with Crippen LogP contribution < -0.4 is 5.32 Å². The molecule has 0 spiro atoms. The second-order valence-corrected chi connectivity index (χ2v) is 4.57. The number of benzene rings is 1. The molecule has 2 N–H and O–H groups in total. The Morgan fingerprint density at radius 3 is 2.88 bits per heavy atom. The Bertz CT molecular complexity index is 307. The van der Waals surface area contributed by atoms with Crippen LogP contribution in [0.4, 0.5) is 0 Å². The van der Waals surface area contributed by atoms with Gasteiger partial charge in [0.1, 0.15) is 0 Å². The third-order valence-corrected chi connectivity index (χ3v) is 3.24. The summed E-state index contributed by atoms with van der Waals surface area (Å²) in [6.07, 6.45) is 2.88. The Morgan fingerprint density at radius 2 is 2.06 bits per heavy atom. The van der Waals surface area contributed by atoms with Crippen LogP contribution in [0.5, 0.6) is 0 Å². The second kappa shape index (κ2) is 6.74. The minimum atomic E-state index is -0.416. The predicted molar refractivity (Wildman–Crippen MR) is 67.9 cm³/mol. The van der Waals surface area contributed by atoms with Crippen LogP contribution in [-0.4, -0.2) is 30.9 Å². The van der Waals surface area contributed by atoms with Gasteiger partial charge in [0.25, 0.3) is 0 Å². The molecule has 0 saturated carbocycles. The maximum Gasteiger partial charge on any atom is 0.0914 e. The van der Waals surface area contributed by atoms with E-state index < -0.39 is 6.10 Å². The molecule has 17 heavy (non-hydrogen) atoms. The molecule has 1 aliphatic rings. The number of hydrogen-bond donors (Lipinski definition) is 2. The number of ether oxygens (including phenoxy) is 1. The zero-order valence-electron chi connectivity index (χ0n) is 10.1. The van der Waals surface area contributed by atoms with Gasteiger partial charge < -0.3 is 15.2 Å². The van der Waals surface area contributed by atoms with E-state index in [-0.39, 0.29) is 0 Å². The summed E-state index contributed by atoms with van der Waals surface area (Å²) in [5.41, 5.74) is 0.977. The molecule has 1 aromatic carbocycles. The molecule has 0 aromatic heterocycles. The Balaban J connectivity index is 1.77. The highest BCUT2D eigenvalue weighted by Gasteiger charge is 2.14. The lowest BCUT2D eigenvalue weighted by Gasteiger charge is -2.18. The van der Waals surface area contributed by atoms with Crippen LogP contribution in [0.15, 0.2) is 30.3 Å². The van der Waals surface area contributed by atoms with Crippen molar-refractivity contribution in [2.24, 2.45) is 0 Å². The van der Waals surface area contributed by atoms with Crippen molar-refractivity contribution in [2.75, 3.05) is 19.8 Å². The van der Waals surface area contributed by atoms with Crippen molar-refractivity contribution in [3.63, 3.8) is 0 Å². The summed E-state index contributed by atoms with van der Waals surface area (Å²) in [6, 6.07) is 10.3. The Kier molecular flexibility index (Phi) is 4.98. The van der Waals surface area contributed by atoms with Crippen molar-refractivity contribution in [1.82, 2.24) is 5.32 Å². The summed E-state index contributed by atoms with van der Waals surface area (Å²) < 4.78 is 5.41. The van der Waals surface area contributed by atoms with E-state index >= 15 is 0 Å². The Labute approximate surface area is 103 Å². The molecule has 1 aliphatic heterocycles. The molecule has 1 heterocycles. The standard InChI is InChI=1S/C14H21NO2/c16-14(12-5-2-1-3-6-12)11-15-13-7-4-9-17-10-8-13/h1-3,5-6,13-16H,4,7-11H2. The van der Waals surface area contributed by atoms with Crippen molar-refractivity contribution in [3.8, 4) is 0 Å². The Hall–Kier alpha value is -0.900. The summed E-state index contributed by atoms with van der Waals surface area (Å²) in [5, 5.41) is 13.5. The summed E-state index contributed by atoms with van der Waals surface area (Å²) in [5.74, 6) is 0. The number of nitrogens with one attached hydrogen (secondary N) is 1. The van der Waals surface area contributed by atoms with Gasteiger partial charge in [-0.15, -0.1) is 0 Å². The summed E-state index contributed by atoms with van der Waals surface area (Å²) in [7, 11) is 0. The monoisotopic (exact) mass is 235 g/mol. The first-order valence-corrected chi connectivity index (χ1v) is 6.40. The SMILES string of the molecule is OC(CNC1CCCOCC1)c1ccccc1. The van der Waals surface area contributed by atoms with Crippen LogP contribution in [-0.2, 0) is 4.74 Å². The van der Waals surface area contributed by atoms with Crippen molar-refractivity contribution in [1.29, 1.82) is 0 Å². The third kappa shape index (κ3) is 4.11. The molecule has 0 amide bonds. The smallest absolute Gasteiger partial charge is 0.0914 e. The van der Waals surface area contributed by atoms with Crippen LogP contribution in [0.2, 0.25) is 0 Å². The van der Waals surface area contributed by atoms with Gasteiger partial charge in [-0.2, -0.15) is 0 Å². The minimum absolute atomic E-state index is 0.416. The van der Waals surface area contributed by atoms with Gasteiger partial charge in [-0.1, -0.05) is 30.3 Å². The van der Waals surface area contributed by atoms with E-state index in [1.165, 1.54) is 0 Å². The average Bonchev–Trinajstić information content (AvgIpc) is 2.65. The van der Waals surface area contributed by atoms with E-state index in [2.05, 4.69) is 5.32 Å². The van der Waals surface area contributed by atoms with Gasteiger partial charge >= 0.3 is 0 Å². The number of aliphatic hydroxyl groups is 1. The number of rotatable bonds is 4. The molecule has 1 aromatic rings.